The smallest absolute Gasteiger partial charge is 0.251 e. The molecule has 1 unspecified atom stereocenters. The molecule has 3 N–H and O–H groups in total. The Morgan fingerprint density at radius 3 is 2.40 bits per heavy atom. The lowest BCUT2D eigenvalue weighted by atomic mass is 9.83. The van der Waals surface area contributed by atoms with Crippen molar-refractivity contribution in [3.05, 3.63) is 35.6 Å². The molecule has 5 heteroatoms. The van der Waals surface area contributed by atoms with Crippen LogP contribution >= 0.6 is 12.2 Å². The van der Waals surface area contributed by atoms with Gasteiger partial charge in [0.05, 0.1) is 11.0 Å². The van der Waals surface area contributed by atoms with Crippen molar-refractivity contribution >= 4 is 23.1 Å². The summed E-state index contributed by atoms with van der Waals surface area (Å²) in [6.45, 7) is 0. The quantitative estimate of drug-likeness (QED) is 0.840. The molecule has 0 aliphatic heterocycles. The first-order chi connectivity index (χ1) is 9.58. The molecule has 1 saturated carbocycles. The van der Waals surface area contributed by atoms with E-state index in [1.54, 1.807) is 0 Å². The summed E-state index contributed by atoms with van der Waals surface area (Å²) in [5.74, 6) is -0.307. The lowest BCUT2D eigenvalue weighted by Gasteiger charge is -2.30. The number of nitrogens with one attached hydrogen (secondary N) is 1. The highest BCUT2D eigenvalue weighted by molar-refractivity contribution is 7.80. The molecule has 20 heavy (non-hydrogen) atoms. The van der Waals surface area contributed by atoms with E-state index in [9.17, 15) is 9.18 Å². The number of carbonyl (C=O) groups is 1. The molecule has 108 valence electrons. The highest BCUT2D eigenvalue weighted by Crippen LogP contribution is 2.26. The van der Waals surface area contributed by atoms with E-state index in [1.165, 1.54) is 30.7 Å². The van der Waals surface area contributed by atoms with Crippen LogP contribution in [-0.4, -0.2) is 16.9 Å². The molecule has 0 heterocycles. The molecular weight excluding hydrogens is 275 g/mol. The van der Waals surface area contributed by atoms with E-state index >= 15 is 0 Å². The van der Waals surface area contributed by atoms with Gasteiger partial charge in [-0.15, -0.1) is 0 Å². The third-order valence-electron chi connectivity index (χ3n) is 3.82. The molecule has 3 nitrogen and oxygen atoms in total. The number of hydrogen-bond acceptors (Lipinski definition) is 2. The summed E-state index contributed by atoms with van der Waals surface area (Å²) in [6.07, 6.45) is 5.59. The van der Waals surface area contributed by atoms with Gasteiger partial charge in [0.2, 0.25) is 0 Å². The molecule has 1 aromatic carbocycles. The molecule has 1 aliphatic carbocycles. The van der Waals surface area contributed by atoms with Crippen molar-refractivity contribution in [2.45, 2.75) is 38.1 Å². The van der Waals surface area contributed by atoms with E-state index in [0.29, 0.717) is 16.5 Å². The number of benzene rings is 1. The van der Waals surface area contributed by atoms with Crippen molar-refractivity contribution < 1.29 is 9.18 Å². The van der Waals surface area contributed by atoms with Crippen LogP contribution in [0.15, 0.2) is 24.3 Å². The van der Waals surface area contributed by atoms with Crippen molar-refractivity contribution in [3.8, 4) is 0 Å². The number of thiocarbonyl (C=S) groups is 1. The number of carbonyl (C=O) groups excluding carboxylic acids is 1. The van der Waals surface area contributed by atoms with Gasteiger partial charge in [0.25, 0.3) is 5.91 Å². The van der Waals surface area contributed by atoms with E-state index in [2.05, 4.69) is 5.32 Å². The van der Waals surface area contributed by atoms with Gasteiger partial charge in [0.15, 0.2) is 0 Å². The highest BCUT2D eigenvalue weighted by atomic mass is 32.1. The number of amides is 1. The normalized spacial score (nSPS) is 17.4. The largest absolute Gasteiger partial charge is 0.392 e. The molecule has 0 aromatic heterocycles. The zero-order valence-corrected chi connectivity index (χ0v) is 12.1. The van der Waals surface area contributed by atoms with Gasteiger partial charge in [-0.05, 0) is 43.0 Å². The number of hydrogen-bond donors (Lipinski definition) is 2. The van der Waals surface area contributed by atoms with E-state index in [0.717, 1.165) is 25.7 Å². The van der Waals surface area contributed by atoms with E-state index in [-0.39, 0.29) is 17.8 Å². The van der Waals surface area contributed by atoms with Crippen LogP contribution in [0.25, 0.3) is 0 Å². The van der Waals surface area contributed by atoms with Gasteiger partial charge in [0, 0.05) is 5.56 Å². The topological polar surface area (TPSA) is 55.1 Å². The maximum atomic E-state index is 12.9. The van der Waals surface area contributed by atoms with Gasteiger partial charge >= 0.3 is 0 Å². The summed E-state index contributed by atoms with van der Waals surface area (Å²) in [5, 5.41) is 2.89. The average Bonchev–Trinajstić information content (AvgIpc) is 2.46. The van der Waals surface area contributed by atoms with Crippen molar-refractivity contribution in [1.29, 1.82) is 0 Å². The Morgan fingerprint density at radius 2 is 1.85 bits per heavy atom. The third kappa shape index (κ3) is 3.76. The number of halogens is 1. The van der Waals surface area contributed by atoms with Crippen LogP contribution in [0, 0.1) is 11.7 Å². The molecule has 1 aliphatic rings. The Kier molecular flexibility index (Phi) is 5.06. The standard InChI is InChI=1S/C15H19FN2OS/c16-12-8-6-11(7-9-12)15(19)18-13(14(17)20)10-4-2-1-3-5-10/h6-10,13H,1-5H2,(H2,17,20)(H,18,19). The van der Waals surface area contributed by atoms with Crippen LogP contribution in [0.4, 0.5) is 4.39 Å². The van der Waals surface area contributed by atoms with Crippen LogP contribution in [0.1, 0.15) is 42.5 Å². The van der Waals surface area contributed by atoms with Crippen molar-refractivity contribution in [2.75, 3.05) is 0 Å². The number of rotatable bonds is 4. The van der Waals surface area contributed by atoms with Gasteiger partial charge in [-0.25, -0.2) is 4.39 Å². The first-order valence-corrected chi connectivity index (χ1v) is 7.34. The minimum Gasteiger partial charge on any atom is -0.392 e. The summed E-state index contributed by atoms with van der Waals surface area (Å²) < 4.78 is 12.9. The Bertz CT molecular complexity index is 483. The van der Waals surface area contributed by atoms with Crippen LogP contribution in [0.2, 0.25) is 0 Å². The lowest BCUT2D eigenvalue weighted by molar-refractivity contribution is 0.0932. The molecule has 0 bridgehead atoms. The second kappa shape index (κ2) is 6.79. The molecule has 1 aromatic rings. The molecule has 2 rings (SSSR count). The van der Waals surface area contributed by atoms with Gasteiger partial charge in [0.1, 0.15) is 5.82 Å². The monoisotopic (exact) mass is 294 g/mol. The SMILES string of the molecule is NC(=S)C(NC(=O)c1ccc(F)cc1)C1CCCCC1. The minimum absolute atomic E-state index is 0.256. The summed E-state index contributed by atoms with van der Waals surface area (Å²) in [6, 6.07) is 5.18. The zero-order chi connectivity index (χ0) is 14.5. The lowest BCUT2D eigenvalue weighted by Crippen LogP contribution is -2.48. The Hall–Kier alpha value is -1.49. The summed E-state index contributed by atoms with van der Waals surface area (Å²) in [4.78, 5) is 12.5. The first-order valence-electron chi connectivity index (χ1n) is 6.93. The maximum absolute atomic E-state index is 12.9. The minimum atomic E-state index is -0.361. The predicted octanol–water partition coefficient (Wildman–Crippen LogP) is 2.79. The third-order valence-corrected chi connectivity index (χ3v) is 4.07. The van der Waals surface area contributed by atoms with Crippen LogP contribution in [0.3, 0.4) is 0 Å². The maximum Gasteiger partial charge on any atom is 0.251 e. The Labute approximate surface area is 123 Å². The van der Waals surface area contributed by atoms with E-state index in [4.69, 9.17) is 18.0 Å². The second-order valence-electron chi connectivity index (χ2n) is 5.26. The molecule has 1 fully saturated rings. The van der Waals surface area contributed by atoms with Crippen molar-refractivity contribution in [2.24, 2.45) is 11.7 Å². The van der Waals surface area contributed by atoms with Gasteiger partial charge < -0.3 is 11.1 Å². The summed E-state index contributed by atoms with van der Waals surface area (Å²) >= 11 is 5.09. The van der Waals surface area contributed by atoms with E-state index in [1.807, 2.05) is 0 Å². The van der Waals surface area contributed by atoms with Gasteiger partial charge in [-0.2, -0.15) is 0 Å². The fraction of sp³-hybridized carbons (Fsp3) is 0.467. The molecule has 1 atom stereocenters. The number of nitrogens with two attached hydrogens (primary N) is 1. The predicted molar refractivity (Wildman–Crippen MR) is 81.0 cm³/mol. The Balaban J connectivity index is 2.05. The fourth-order valence-electron chi connectivity index (χ4n) is 2.71. The first kappa shape index (κ1) is 14.9. The van der Waals surface area contributed by atoms with Crippen LogP contribution in [0.5, 0.6) is 0 Å². The summed E-state index contributed by atoms with van der Waals surface area (Å²) in [7, 11) is 0. The molecule has 1 amide bonds. The zero-order valence-electron chi connectivity index (χ0n) is 11.3. The van der Waals surface area contributed by atoms with Crippen LogP contribution in [-0.2, 0) is 0 Å². The van der Waals surface area contributed by atoms with Crippen molar-refractivity contribution in [1.82, 2.24) is 5.32 Å². The second-order valence-corrected chi connectivity index (χ2v) is 5.73. The molecular formula is C15H19FN2OS. The average molecular weight is 294 g/mol. The Morgan fingerprint density at radius 1 is 1.25 bits per heavy atom. The fourth-order valence-corrected chi connectivity index (χ4v) is 2.97. The van der Waals surface area contributed by atoms with E-state index < -0.39 is 0 Å². The van der Waals surface area contributed by atoms with Gasteiger partial charge in [-0.3, -0.25) is 4.79 Å². The van der Waals surface area contributed by atoms with Gasteiger partial charge in [-0.1, -0.05) is 31.5 Å². The summed E-state index contributed by atoms with van der Waals surface area (Å²) in [5.41, 5.74) is 6.19. The van der Waals surface area contributed by atoms with Crippen LogP contribution < -0.4 is 11.1 Å². The molecule has 0 spiro atoms. The van der Waals surface area contributed by atoms with Crippen molar-refractivity contribution in [3.63, 3.8) is 0 Å². The molecule has 0 radical (unpaired) electrons. The molecule has 0 saturated heterocycles. The highest BCUT2D eigenvalue weighted by Gasteiger charge is 2.27.